The van der Waals surface area contributed by atoms with Gasteiger partial charge in [-0.25, -0.2) is 9.59 Å². The molecule has 0 saturated carbocycles. The molecule has 0 aliphatic carbocycles. The molecule has 0 aromatic carbocycles. The average Bonchev–Trinajstić information content (AvgIpc) is 2.88. The molecule has 89 heavy (non-hydrogen) atoms. The molecular weight excluding hydrogens is 1150 g/mol. The van der Waals surface area contributed by atoms with E-state index in [1.54, 1.807) is 0 Å². The molecule has 5 atom stereocenters. The summed E-state index contributed by atoms with van der Waals surface area (Å²) in [7, 11) is 0. The van der Waals surface area contributed by atoms with Crippen molar-refractivity contribution in [1.29, 1.82) is 0 Å². The number of aliphatic hydroxyl groups excluding tert-OH is 1. The summed E-state index contributed by atoms with van der Waals surface area (Å²) in [6, 6.07) is -7.24. The second-order valence-electron chi connectivity index (χ2n) is 23.3. The number of unbranched alkanes of at least 4 members (excludes halogenated alkanes) is 26. The number of hydrogen-bond acceptors (Lipinski definition) is 15. The summed E-state index contributed by atoms with van der Waals surface area (Å²) < 4.78 is 11.0. The van der Waals surface area contributed by atoms with Gasteiger partial charge in [0.2, 0.25) is 41.4 Å². The van der Waals surface area contributed by atoms with E-state index < -0.39 is 134 Å². The Balaban J connectivity index is 2.79. The van der Waals surface area contributed by atoms with Gasteiger partial charge in [0.05, 0.1) is 39.3 Å². The smallest absolute Gasteiger partial charge is 0.328 e. The number of amides is 7. The Labute approximate surface area is 527 Å². The van der Waals surface area contributed by atoms with Crippen LogP contribution in [-0.2, 0) is 62.2 Å². The van der Waals surface area contributed by atoms with Crippen LogP contribution in [0.2, 0.25) is 0 Å². The van der Waals surface area contributed by atoms with Gasteiger partial charge in [0.15, 0.2) is 5.96 Å². The normalized spacial score (nSPS) is 14.1. The van der Waals surface area contributed by atoms with Gasteiger partial charge < -0.3 is 73.1 Å². The van der Waals surface area contributed by atoms with Gasteiger partial charge >= 0.3 is 23.9 Å². The van der Waals surface area contributed by atoms with Crippen LogP contribution in [0.3, 0.4) is 0 Å². The van der Waals surface area contributed by atoms with E-state index in [0.29, 0.717) is 12.8 Å². The maximum absolute atomic E-state index is 13.4. The maximum Gasteiger partial charge on any atom is 0.328 e. The van der Waals surface area contributed by atoms with Gasteiger partial charge in [0.25, 0.3) is 0 Å². The molecule has 1 aliphatic rings. The van der Waals surface area contributed by atoms with Crippen molar-refractivity contribution in [3.05, 3.63) is 0 Å². The Morgan fingerprint density at radius 1 is 0.506 bits per heavy atom. The minimum Gasteiger partial charge on any atom is -0.481 e. The molecule has 1 heterocycles. The molecule has 0 aromatic rings. The summed E-state index contributed by atoms with van der Waals surface area (Å²) in [5.74, 6) is -10.7. The highest BCUT2D eigenvalue weighted by Gasteiger charge is 2.38. The highest BCUT2D eigenvalue weighted by molar-refractivity contribution is 5.97. The molecule has 1 saturated heterocycles. The van der Waals surface area contributed by atoms with Gasteiger partial charge in [-0.15, -0.1) is 0 Å². The fourth-order valence-corrected chi connectivity index (χ4v) is 10.3. The Morgan fingerprint density at radius 2 is 0.966 bits per heavy atom. The molecule has 26 heteroatoms. The zero-order chi connectivity index (χ0) is 65.9. The van der Waals surface area contributed by atoms with Gasteiger partial charge in [-0.1, -0.05) is 181 Å². The number of aliphatic imine (C=N–C) groups is 1. The summed E-state index contributed by atoms with van der Waals surface area (Å²) in [6.45, 7) is 2.42. The number of carboxylic acids is 2. The van der Waals surface area contributed by atoms with Crippen LogP contribution in [0, 0.1) is 0 Å². The number of guanidine groups is 1. The van der Waals surface area contributed by atoms with Crippen LogP contribution in [-0.4, -0.2) is 168 Å². The van der Waals surface area contributed by atoms with Crippen molar-refractivity contribution in [2.45, 2.75) is 282 Å². The minimum atomic E-state index is -1.83. The molecule has 0 aromatic heterocycles. The number of ether oxygens (including phenoxy) is 2. The van der Waals surface area contributed by atoms with Crippen LogP contribution in [0.4, 0.5) is 0 Å². The van der Waals surface area contributed by atoms with Crippen LogP contribution in [0.1, 0.15) is 251 Å². The fraction of sp³-hybridized carbons (Fsp3) is 0.810. The molecule has 1 unspecified atom stereocenters. The van der Waals surface area contributed by atoms with Crippen LogP contribution in [0.25, 0.3) is 0 Å². The lowest BCUT2D eigenvalue weighted by Gasteiger charge is -2.27. The van der Waals surface area contributed by atoms with E-state index in [1.807, 2.05) is 0 Å². The number of nitrogens with one attached hydrogen (secondary N) is 6. The number of aliphatic carboxylic acids is 2. The van der Waals surface area contributed by atoms with E-state index >= 15 is 0 Å². The first kappa shape index (κ1) is 80.4. The summed E-state index contributed by atoms with van der Waals surface area (Å²) in [4.78, 5) is 146. The Hall–Kier alpha value is -6.60. The molecule has 26 nitrogen and oxygen atoms in total. The van der Waals surface area contributed by atoms with Crippen LogP contribution in [0.15, 0.2) is 4.99 Å². The number of rotatable bonds is 56. The number of carboxylic acid groups (broad SMARTS) is 2. The van der Waals surface area contributed by atoms with Crippen LogP contribution in [0.5, 0.6) is 0 Å². The Kier molecular flexibility index (Phi) is 47.2. The Morgan fingerprint density at radius 3 is 1.45 bits per heavy atom. The first-order valence-corrected chi connectivity index (χ1v) is 33.3. The van der Waals surface area contributed by atoms with E-state index in [9.17, 15) is 68.1 Å². The van der Waals surface area contributed by atoms with Gasteiger partial charge in [0.1, 0.15) is 30.2 Å². The summed E-state index contributed by atoms with van der Waals surface area (Å²) >= 11 is 0. The molecular formula is C63H112N10O16. The highest BCUT2D eigenvalue weighted by atomic mass is 16.5. The lowest BCUT2D eigenvalue weighted by Crippen LogP contribution is -2.58. The summed E-state index contributed by atoms with van der Waals surface area (Å²) in [6.07, 6.45) is 31.5. The molecule has 0 spiro atoms. The number of nitrogens with zero attached hydrogens (tertiary/aromatic N) is 2. The lowest BCUT2D eigenvalue weighted by molar-refractivity contribution is -0.150. The molecule has 0 bridgehead atoms. The maximum atomic E-state index is 13.4. The molecule has 510 valence electrons. The summed E-state index contributed by atoms with van der Waals surface area (Å²) in [5, 5.41) is 42.8. The van der Waals surface area contributed by atoms with Crippen molar-refractivity contribution in [1.82, 2.24) is 36.8 Å². The van der Waals surface area contributed by atoms with Crippen molar-refractivity contribution < 1.29 is 77.5 Å². The van der Waals surface area contributed by atoms with Crippen molar-refractivity contribution in [2.24, 2.45) is 16.5 Å². The van der Waals surface area contributed by atoms with Crippen molar-refractivity contribution in [3.8, 4) is 0 Å². The number of carbonyl (C=O) groups is 11. The van der Waals surface area contributed by atoms with Gasteiger partial charge in [0, 0.05) is 32.4 Å². The quantitative estimate of drug-likeness (QED) is 0.0158. The number of nitrogens with two attached hydrogens (primary N) is 2. The molecule has 1 rings (SSSR count). The monoisotopic (exact) mass is 1260 g/mol. The predicted octanol–water partition coefficient (Wildman–Crippen LogP) is 5.36. The van der Waals surface area contributed by atoms with Crippen LogP contribution < -0.4 is 43.4 Å². The van der Waals surface area contributed by atoms with Crippen LogP contribution >= 0.6 is 0 Å². The zero-order valence-electron chi connectivity index (χ0n) is 53.7. The topological polar surface area (TPSA) is 407 Å². The SMILES string of the molecule is CCCCCCCCCCCCCCCCOC(=O)CCC(NC(=O)CCC(=O)NCC(=O)N[C@@H](CCCN=C(N)N)C(=O)NCC(=O)N[C@@H](CC(=O)O)C(=O)N[C@@H](CO)C(=O)N1CCC[C@H]1C(=O)O)C(=O)OCCCCCCCCCCCCCCCC. The number of carbonyl (C=O) groups excluding carboxylic acids is 9. The first-order valence-electron chi connectivity index (χ1n) is 33.3. The van der Waals surface area contributed by atoms with E-state index in [0.717, 1.165) is 56.3 Å². The van der Waals surface area contributed by atoms with Gasteiger partial charge in [-0.05, 0) is 44.9 Å². The zero-order valence-corrected chi connectivity index (χ0v) is 53.7. The van der Waals surface area contributed by atoms with Gasteiger partial charge in [-0.2, -0.15) is 0 Å². The molecule has 7 amide bonds. The largest absolute Gasteiger partial charge is 0.481 e. The number of hydrogen-bond donors (Lipinski definition) is 11. The summed E-state index contributed by atoms with van der Waals surface area (Å²) in [5.41, 5.74) is 10.8. The second-order valence-corrected chi connectivity index (χ2v) is 23.3. The minimum absolute atomic E-state index is 0.0288. The van der Waals surface area contributed by atoms with Crippen molar-refractivity contribution in [2.75, 3.05) is 46.0 Å². The van der Waals surface area contributed by atoms with Crippen molar-refractivity contribution >= 4 is 71.2 Å². The van der Waals surface area contributed by atoms with Crippen molar-refractivity contribution in [3.63, 3.8) is 0 Å². The van der Waals surface area contributed by atoms with E-state index in [4.69, 9.17) is 20.9 Å². The lowest BCUT2D eigenvalue weighted by atomic mass is 10.0. The third kappa shape index (κ3) is 42.1. The standard InChI is InChI=1S/C63H112N10O16/c1-3-5-7-9-11-13-15-17-19-21-23-25-27-29-41-88-57(81)38-35-48(62(87)89-42-30-28-26-24-22-20-18-16-14-12-10-8-6-4-2)70-53(76)37-36-52(75)67-44-54(77)69-47(33-31-39-66-63(64)65)58(82)68-45-55(78)71-49(43-56(79)80)59(83)72-50(46-74)60(84)73-40-32-34-51(73)61(85)86/h47-51,74H,3-46H2,1-2H3,(H,67,75)(H,68,82)(H,69,77)(H,70,76)(H,71,78)(H,72,83)(H,79,80)(H,85,86)(H4,64,65,66)/t47-,48?,49-,50-,51-/m0/s1. The average molecular weight is 1270 g/mol. The number of aliphatic hydroxyl groups is 1. The number of esters is 2. The molecule has 13 N–H and O–H groups in total. The van der Waals surface area contributed by atoms with E-state index in [2.05, 4.69) is 50.7 Å². The molecule has 1 aliphatic heterocycles. The third-order valence-corrected chi connectivity index (χ3v) is 15.5. The van der Waals surface area contributed by atoms with E-state index in [-0.39, 0.29) is 64.4 Å². The first-order chi connectivity index (χ1) is 42.8. The number of likely N-dealkylation sites (tertiary alicyclic amines) is 1. The second kappa shape index (κ2) is 52.2. The van der Waals surface area contributed by atoms with Gasteiger partial charge in [-0.3, -0.25) is 48.1 Å². The third-order valence-electron chi connectivity index (χ3n) is 15.5. The highest BCUT2D eigenvalue weighted by Crippen LogP contribution is 2.19. The Bertz CT molecular complexity index is 2110. The fourth-order valence-electron chi connectivity index (χ4n) is 10.3. The molecule has 1 fully saturated rings. The molecule has 0 radical (unpaired) electrons. The predicted molar refractivity (Wildman–Crippen MR) is 336 cm³/mol. The van der Waals surface area contributed by atoms with E-state index in [1.165, 1.54) is 122 Å².